The molecular weight excluding hydrogens is 556 g/mol. The van der Waals surface area contributed by atoms with Gasteiger partial charge in [0.25, 0.3) is 11.5 Å². The zero-order valence-electron chi connectivity index (χ0n) is 22.1. The predicted molar refractivity (Wildman–Crippen MR) is 155 cm³/mol. The van der Waals surface area contributed by atoms with Gasteiger partial charge < -0.3 is 0 Å². The second-order valence-corrected chi connectivity index (χ2v) is 10.6. The number of para-hydroxylation sites is 1. The van der Waals surface area contributed by atoms with Crippen LogP contribution < -0.4 is 21.5 Å². The van der Waals surface area contributed by atoms with Gasteiger partial charge in [0.15, 0.2) is 0 Å². The van der Waals surface area contributed by atoms with Crippen molar-refractivity contribution in [2.75, 3.05) is 6.38 Å². The number of halogens is 1. The Morgan fingerprint density at radius 3 is 2.15 bits per heavy atom. The third-order valence-electron chi connectivity index (χ3n) is 6.38. The largest absolute Gasteiger partial charge is 0.331 e. The number of unbranched alkanes of at least 4 members (excludes halogenated alkanes) is 1. The Bertz CT molecular complexity index is 1670. The Labute approximate surface area is 236 Å². The van der Waals surface area contributed by atoms with Gasteiger partial charge in [-0.15, -0.1) is 11.6 Å². The van der Waals surface area contributed by atoms with Gasteiger partial charge in [0.1, 0.15) is 6.04 Å². The number of hydrogen-bond donors (Lipinski definition) is 3. The lowest BCUT2D eigenvalue weighted by atomic mass is 10.1. The molecule has 1 amide bonds. The van der Waals surface area contributed by atoms with E-state index in [9.17, 15) is 22.8 Å². The average Bonchev–Trinajstić information content (AvgIpc) is 3.00. The van der Waals surface area contributed by atoms with Crippen molar-refractivity contribution in [2.45, 2.75) is 36.7 Å². The number of hydroxylamine groups is 1. The highest BCUT2D eigenvalue weighted by Gasteiger charge is 2.25. The summed E-state index contributed by atoms with van der Waals surface area (Å²) in [6.45, 7) is 0.0947. The minimum absolute atomic E-state index is 0.0286. The van der Waals surface area contributed by atoms with Crippen LogP contribution in [0.1, 0.15) is 19.3 Å². The third kappa shape index (κ3) is 7.05. The molecule has 1 unspecified atom stereocenters. The van der Waals surface area contributed by atoms with Gasteiger partial charge in [-0.1, -0.05) is 54.6 Å². The van der Waals surface area contributed by atoms with Crippen LogP contribution in [0.3, 0.4) is 0 Å². The lowest BCUT2D eigenvalue weighted by molar-refractivity contribution is -0.131. The summed E-state index contributed by atoms with van der Waals surface area (Å²) in [6.07, 6.45) is 2.14. The Hall–Kier alpha value is -3.77. The van der Waals surface area contributed by atoms with E-state index in [1.807, 2.05) is 30.3 Å². The second kappa shape index (κ2) is 14.0. The van der Waals surface area contributed by atoms with Crippen LogP contribution in [0.5, 0.6) is 0 Å². The van der Waals surface area contributed by atoms with Crippen molar-refractivity contribution in [1.29, 1.82) is 0 Å². The maximum Gasteiger partial charge on any atom is 0.331 e. The summed E-state index contributed by atoms with van der Waals surface area (Å²) in [5.41, 5.74) is 2.93. The fourth-order valence-corrected chi connectivity index (χ4v) is 5.54. The van der Waals surface area contributed by atoms with E-state index >= 15 is 0 Å². The van der Waals surface area contributed by atoms with Crippen LogP contribution in [0.4, 0.5) is 0 Å². The summed E-state index contributed by atoms with van der Waals surface area (Å²) >= 11 is 4.64. The summed E-state index contributed by atoms with van der Waals surface area (Å²) in [6, 6.07) is 21.3. The summed E-state index contributed by atoms with van der Waals surface area (Å²) < 4.78 is 30.8. The molecule has 212 valence electrons. The fraction of sp³-hybridized carbons (Fsp3) is 0.250. The maximum absolute atomic E-state index is 13.0. The van der Waals surface area contributed by atoms with Gasteiger partial charge in [-0.05, 0) is 54.7 Å². The molecule has 0 spiro atoms. The molecular formula is C28H31ClN4O6S. The fourth-order valence-electron chi connectivity index (χ4n) is 4.31. The quantitative estimate of drug-likeness (QED) is 0.113. The zero-order chi connectivity index (χ0) is 29.3. The van der Waals surface area contributed by atoms with Gasteiger partial charge in [-0.3, -0.25) is 23.9 Å². The summed E-state index contributed by atoms with van der Waals surface area (Å²) in [4.78, 5) is 37.7. The molecule has 0 saturated heterocycles. The van der Waals surface area contributed by atoms with Crippen molar-refractivity contribution in [1.82, 2.24) is 19.3 Å². The summed E-state index contributed by atoms with van der Waals surface area (Å²) in [7, 11) is -2.49. The Kier molecular flexibility index (Phi) is 10.8. The number of nitrogens with one attached hydrogen (secondary N) is 2. The number of carbonyl (C=O) groups excluding carboxylic acids is 1. The summed E-state index contributed by atoms with van der Waals surface area (Å²) in [5.74, 6) is -0.909. The van der Waals surface area contributed by atoms with Crippen molar-refractivity contribution < 1.29 is 18.4 Å². The van der Waals surface area contributed by atoms with Crippen LogP contribution in [-0.2, 0) is 28.4 Å². The van der Waals surface area contributed by atoms with E-state index in [1.54, 1.807) is 43.4 Å². The van der Waals surface area contributed by atoms with E-state index in [2.05, 4.69) is 16.3 Å². The van der Waals surface area contributed by atoms with Crippen molar-refractivity contribution in [3.05, 3.63) is 99.7 Å². The molecule has 3 N–H and O–H groups in total. The minimum atomic E-state index is -4.08. The second-order valence-electron chi connectivity index (χ2n) is 8.85. The lowest BCUT2D eigenvalue weighted by Crippen LogP contribution is -2.45. The van der Waals surface area contributed by atoms with Gasteiger partial charge in [0, 0.05) is 20.0 Å². The molecule has 0 aliphatic rings. The first kappa shape index (κ1) is 30.8. The maximum atomic E-state index is 13.0. The molecule has 1 heterocycles. The van der Waals surface area contributed by atoms with Crippen molar-refractivity contribution in [3.8, 4) is 11.1 Å². The molecule has 3 aromatic carbocycles. The monoisotopic (exact) mass is 586 g/mol. The molecule has 4 rings (SSSR count). The van der Waals surface area contributed by atoms with E-state index in [1.165, 1.54) is 28.6 Å². The van der Waals surface area contributed by atoms with Gasteiger partial charge in [-0.25, -0.2) is 18.7 Å². The van der Waals surface area contributed by atoms with Gasteiger partial charge in [-0.2, -0.15) is 4.72 Å². The van der Waals surface area contributed by atoms with Crippen molar-refractivity contribution >= 4 is 38.4 Å². The van der Waals surface area contributed by atoms with E-state index in [-0.39, 0.29) is 17.9 Å². The number of aromatic nitrogens is 2. The lowest BCUT2D eigenvalue weighted by Gasteiger charge is -2.17. The van der Waals surface area contributed by atoms with Gasteiger partial charge in [0.2, 0.25) is 10.0 Å². The number of fused-ring (bicyclic) bond motifs is 1. The molecule has 0 fully saturated rings. The number of alkyl halides is 1. The Morgan fingerprint density at radius 1 is 0.900 bits per heavy atom. The number of rotatable bonds is 10. The SMILES string of the molecule is CCl.Cn1c(=O)n(CCCCC(NS(=O)(=O)c2ccc(-c3ccccc3)cc2)C(=O)NO)c(=O)c2ccccc21. The first-order chi connectivity index (χ1) is 19.2. The number of sulfonamides is 1. The number of carbonyl (C=O) groups is 1. The highest BCUT2D eigenvalue weighted by molar-refractivity contribution is 7.89. The average molecular weight is 587 g/mol. The normalized spacial score (nSPS) is 11.9. The molecule has 40 heavy (non-hydrogen) atoms. The number of amides is 1. The van der Waals surface area contributed by atoms with Crippen LogP contribution in [0.25, 0.3) is 22.0 Å². The first-order valence-electron chi connectivity index (χ1n) is 12.4. The zero-order valence-corrected chi connectivity index (χ0v) is 23.7. The molecule has 0 aliphatic heterocycles. The number of benzene rings is 3. The van der Waals surface area contributed by atoms with Crippen molar-refractivity contribution in [2.24, 2.45) is 7.05 Å². The van der Waals surface area contributed by atoms with Crippen LogP contribution in [0.2, 0.25) is 0 Å². The van der Waals surface area contributed by atoms with Crippen molar-refractivity contribution in [3.63, 3.8) is 0 Å². The van der Waals surface area contributed by atoms with Crippen LogP contribution in [0, 0.1) is 0 Å². The molecule has 12 heteroatoms. The predicted octanol–water partition coefficient (Wildman–Crippen LogP) is 3.25. The molecule has 0 aliphatic carbocycles. The van der Waals surface area contributed by atoms with E-state index < -0.39 is 33.2 Å². The molecule has 0 radical (unpaired) electrons. The molecule has 4 aromatic rings. The minimum Gasteiger partial charge on any atom is -0.296 e. The molecule has 1 atom stereocenters. The topological polar surface area (TPSA) is 140 Å². The molecule has 0 bridgehead atoms. The summed E-state index contributed by atoms with van der Waals surface area (Å²) in [5, 5.41) is 9.56. The highest BCUT2D eigenvalue weighted by Crippen LogP contribution is 2.21. The van der Waals surface area contributed by atoms with E-state index in [0.29, 0.717) is 23.7 Å². The molecule has 0 saturated carbocycles. The Balaban J connectivity index is 0.00000216. The van der Waals surface area contributed by atoms with Gasteiger partial charge in [0.05, 0.1) is 15.8 Å². The Morgan fingerprint density at radius 2 is 1.50 bits per heavy atom. The van der Waals surface area contributed by atoms with E-state index in [0.717, 1.165) is 15.7 Å². The third-order valence-corrected chi connectivity index (χ3v) is 7.87. The number of hydrogen-bond acceptors (Lipinski definition) is 6. The standard InChI is InChI=1S/C27H28N4O6S.CH3Cl/c1-30-24-13-6-5-11-22(24)26(33)31(27(30)34)18-8-7-12-23(25(32)28-35)29-38(36,37)21-16-14-20(15-17-21)19-9-3-2-4-10-19;1-2/h2-6,9-11,13-17,23,29,35H,7-8,12,18H2,1H3,(H,28,32);1H3. The number of aryl methyl sites for hydroxylation is 1. The van der Waals surface area contributed by atoms with Crippen LogP contribution >= 0.6 is 11.6 Å². The smallest absolute Gasteiger partial charge is 0.296 e. The van der Waals surface area contributed by atoms with E-state index in [4.69, 9.17) is 5.21 Å². The number of nitrogens with zero attached hydrogens (tertiary/aromatic N) is 2. The first-order valence-corrected chi connectivity index (χ1v) is 14.6. The molecule has 1 aromatic heterocycles. The highest BCUT2D eigenvalue weighted by atomic mass is 35.5. The van der Waals surface area contributed by atoms with Crippen LogP contribution in [0.15, 0.2) is 93.3 Å². The molecule has 10 nitrogen and oxygen atoms in total. The van der Waals surface area contributed by atoms with Crippen LogP contribution in [-0.4, -0.2) is 41.1 Å². The van der Waals surface area contributed by atoms with Gasteiger partial charge >= 0.3 is 5.69 Å².